The number of anilines is 1. The maximum absolute atomic E-state index is 12.3. The molecule has 2 unspecified atom stereocenters. The van der Waals surface area contributed by atoms with E-state index in [2.05, 4.69) is 41.4 Å². The lowest BCUT2D eigenvalue weighted by Gasteiger charge is -2.36. The van der Waals surface area contributed by atoms with Gasteiger partial charge in [-0.1, -0.05) is 31.5 Å². The number of carbonyl (C=O) groups excluding carboxylic acids is 1. The smallest absolute Gasteiger partial charge is 0.240 e. The largest absolute Gasteiger partial charge is 0.369 e. The number of amides is 1. The molecule has 1 aromatic rings. The third-order valence-corrected chi connectivity index (χ3v) is 4.17. The predicted octanol–water partition coefficient (Wildman–Crippen LogP) is 2.29. The Hall–Kier alpha value is -1.55. The van der Waals surface area contributed by atoms with E-state index in [1.54, 1.807) is 0 Å². The lowest BCUT2D eigenvalue weighted by Crippen LogP contribution is -2.57. The summed E-state index contributed by atoms with van der Waals surface area (Å²) < 4.78 is 0. The average molecular weight is 289 g/mol. The Morgan fingerprint density at radius 3 is 2.81 bits per heavy atom. The predicted molar refractivity (Wildman–Crippen MR) is 87.3 cm³/mol. The zero-order valence-electron chi connectivity index (χ0n) is 13.1. The molecule has 3 N–H and O–H groups in total. The minimum atomic E-state index is -0.760. The summed E-state index contributed by atoms with van der Waals surface area (Å²) in [6, 6.07) is 10.6. The van der Waals surface area contributed by atoms with Gasteiger partial charge in [0.15, 0.2) is 0 Å². The van der Waals surface area contributed by atoms with E-state index in [0.29, 0.717) is 6.42 Å². The Balaban J connectivity index is 1.94. The van der Waals surface area contributed by atoms with E-state index in [1.165, 1.54) is 5.69 Å². The van der Waals surface area contributed by atoms with Gasteiger partial charge >= 0.3 is 0 Å². The number of nitrogens with two attached hydrogens (primary N) is 1. The highest BCUT2D eigenvalue weighted by Crippen LogP contribution is 2.20. The van der Waals surface area contributed by atoms with Gasteiger partial charge in [-0.2, -0.15) is 0 Å². The Kier molecular flexibility index (Phi) is 5.23. The van der Waals surface area contributed by atoms with E-state index in [9.17, 15) is 4.79 Å². The molecule has 1 aromatic carbocycles. The van der Waals surface area contributed by atoms with E-state index in [0.717, 1.165) is 32.4 Å². The standard InChI is InChI=1S/C17H27N3O/c1-3-11-17(2,18)16(21)19-14-8-7-12-20(13-14)15-9-5-4-6-10-15/h4-6,9-10,14H,3,7-8,11-13,18H2,1-2H3,(H,19,21). The molecule has 0 aliphatic carbocycles. The number of para-hydroxylation sites is 1. The fourth-order valence-electron chi connectivity index (χ4n) is 2.95. The van der Waals surface area contributed by atoms with E-state index < -0.39 is 5.54 Å². The van der Waals surface area contributed by atoms with E-state index >= 15 is 0 Å². The summed E-state index contributed by atoms with van der Waals surface area (Å²) in [6.45, 7) is 5.78. The molecule has 0 radical (unpaired) electrons. The van der Waals surface area contributed by atoms with Gasteiger partial charge < -0.3 is 16.0 Å². The first-order valence-corrected chi connectivity index (χ1v) is 7.93. The molecule has 2 atom stereocenters. The fraction of sp³-hybridized carbons (Fsp3) is 0.588. The Morgan fingerprint density at radius 1 is 1.43 bits per heavy atom. The van der Waals surface area contributed by atoms with E-state index in [-0.39, 0.29) is 11.9 Å². The van der Waals surface area contributed by atoms with Crippen molar-refractivity contribution in [3.63, 3.8) is 0 Å². The van der Waals surface area contributed by atoms with Gasteiger partial charge in [-0.25, -0.2) is 0 Å². The van der Waals surface area contributed by atoms with Crippen LogP contribution in [0.2, 0.25) is 0 Å². The van der Waals surface area contributed by atoms with Crippen LogP contribution in [0.15, 0.2) is 30.3 Å². The molecule has 4 heteroatoms. The number of piperidine rings is 1. The summed E-state index contributed by atoms with van der Waals surface area (Å²) in [6.07, 6.45) is 3.75. The number of nitrogens with one attached hydrogen (secondary N) is 1. The molecule has 1 aliphatic heterocycles. The number of benzene rings is 1. The lowest BCUT2D eigenvalue weighted by molar-refractivity contribution is -0.126. The molecule has 1 heterocycles. The van der Waals surface area contributed by atoms with Crippen LogP contribution in [0.5, 0.6) is 0 Å². The van der Waals surface area contributed by atoms with Crippen LogP contribution >= 0.6 is 0 Å². The van der Waals surface area contributed by atoms with Crippen molar-refractivity contribution in [2.75, 3.05) is 18.0 Å². The van der Waals surface area contributed by atoms with Gasteiger partial charge in [0.2, 0.25) is 5.91 Å². The average Bonchev–Trinajstić information content (AvgIpc) is 2.48. The molecule has 1 fully saturated rings. The third kappa shape index (κ3) is 4.21. The van der Waals surface area contributed by atoms with Gasteiger partial charge in [0.25, 0.3) is 0 Å². The summed E-state index contributed by atoms with van der Waals surface area (Å²) in [4.78, 5) is 14.6. The molecule has 0 spiro atoms. The van der Waals surface area contributed by atoms with Crippen LogP contribution in [-0.2, 0) is 4.79 Å². The lowest BCUT2D eigenvalue weighted by atomic mass is 9.95. The number of nitrogens with zero attached hydrogens (tertiary/aromatic N) is 1. The Bertz CT molecular complexity index is 458. The highest BCUT2D eigenvalue weighted by Gasteiger charge is 2.30. The van der Waals surface area contributed by atoms with Crippen LogP contribution in [-0.4, -0.2) is 30.6 Å². The van der Waals surface area contributed by atoms with Crippen molar-refractivity contribution < 1.29 is 4.79 Å². The molecular formula is C17H27N3O. The number of carbonyl (C=O) groups is 1. The van der Waals surface area contributed by atoms with Gasteiger partial charge in [0.1, 0.15) is 0 Å². The molecule has 0 saturated carbocycles. The maximum atomic E-state index is 12.3. The summed E-state index contributed by atoms with van der Waals surface area (Å²) in [5, 5.41) is 3.14. The molecule has 1 aliphatic rings. The van der Waals surface area contributed by atoms with Gasteiger partial charge in [-0.3, -0.25) is 4.79 Å². The van der Waals surface area contributed by atoms with Crippen LogP contribution in [0.4, 0.5) is 5.69 Å². The molecule has 2 rings (SSSR count). The topological polar surface area (TPSA) is 58.4 Å². The van der Waals surface area contributed by atoms with Crippen molar-refractivity contribution in [3.8, 4) is 0 Å². The molecule has 21 heavy (non-hydrogen) atoms. The normalized spacial score (nSPS) is 21.7. The minimum absolute atomic E-state index is 0.0238. The fourth-order valence-corrected chi connectivity index (χ4v) is 2.95. The van der Waals surface area contributed by atoms with Crippen LogP contribution in [0.1, 0.15) is 39.5 Å². The molecule has 1 amide bonds. The van der Waals surface area contributed by atoms with Crippen LogP contribution < -0.4 is 16.0 Å². The van der Waals surface area contributed by atoms with Gasteiger partial charge in [0, 0.05) is 24.8 Å². The second-order valence-corrected chi connectivity index (χ2v) is 6.26. The van der Waals surface area contributed by atoms with Crippen molar-refractivity contribution in [2.24, 2.45) is 5.73 Å². The van der Waals surface area contributed by atoms with Crippen LogP contribution in [0, 0.1) is 0 Å². The summed E-state index contributed by atoms with van der Waals surface area (Å²) in [7, 11) is 0. The molecule has 0 bridgehead atoms. The first-order chi connectivity index (χ1) is 10.0. The Morgan fingerprint density at radius 2 is 2.14 bits per heavy atom. The minimum Gasteiger partial charge on any atom is -0.369 e. The maximum Gasteiger partial charge on any atom is 0.240 e. The van der Waals surface area contributed by atoms with Crippen molar-refractivity contribution in [1.82, 2.24) is 5.32 Å². The highest BCUT2D eigenvalue weighted by molar-refractivity contribution is 5.85. The second-order valence-electron chi connectivity index (χ2n) is 6.26. The quantitative estimate of drug-likeness (QED) is 0.874. The monoisotopic (exact) mass is 289 g/mol. The zero-order valence-corrected chi connectivity index (χ0v) is 13.1. The highest BCUT2D eigenvalue weighted by atomic mass is 16.2. The summed E-state index contributed by atoms with van der Waals surface area (Å²) in [5.74, 6) is -0.0238. The molecule has 4 nitrogen and oxygen atoms in total. The van der Waals surface area contributed by atoms with Crippen LogP contribution in [0.3, 0.4) is 0 Å². The zero-order chi connectivity index (χ0) is 15.3. The number of hydrogen-bond acceptors (Lipinski definition) is 3. The van der Waals surface area contributed by atoms with Gasteiger partial charge in [0.05, 0.1) is 5.54 Å². The number of hydrogen-bond donors (Lipinski definition) is 2. The van der Waals surface area contributed by atoms with E-state index in [4.69, 9.17) is 5.73 Å². The Labute approximate surface area is 127 Å². The molecule has 0 aromatic heterocycles. The van der Waals surface area contributed by atoms with Gasteiger partial charge in [-0.05, 0) is 38.3 Å². The van der Waals surface area contributed by atoms with Crippen molar-refractivity contribution >= 4 is 11.6 Å². The van der Waals surface area contributed by atoms with Crippen LogP contribution in [0.25, 0.3) is 0 Å². The van der Waals surface area contributed by atoms with E-state index in [1.807, 2.05) is 13.0 Å². The first kappa shape index (κ1) is 15.8. The molecule has 116 valence electrons. The third-order valence-electron chi connectivity index (χ3n) is 4.17. The number of rotatable bonds is 5. The molecule has 1 saturated heterocycles. The SMILES string of the molecule is CCCC(C)(N)C(=O)NC1CCCN(c2ccccc2)C1. The van der Waals surface area contributed by atoms with Gasteiger partial charge in [-0.15, -0.1) is 0 Å². The summed E-state index contributed by atoms with van der Waals surface area (Å²) in [5.41, 5.74) is 6.57. The summed E-state index contributed by atoms with van der Waals surface area (Å²) >= 11 is 0. The van der Waals surface area contributed by atoms with Crippen molar-refractivity contribution in [1.29, 1.82) is 0 Å². The van der Waals surface area contributed by atoms with Crippen molar-refractivity contribution in [3.05, 3.63) is 30.3 Å². The first-order valence-electron chi connectivity index (χ1n) is 7.93. The second kappa shape index (κ2) is 6.94. The van der Waals surface area contributed by atoms with Crippen molar-refractivity contribution in [2.45, 2.75) is 51.1 Å². The molecular weight excluding hydrogens is 262 g/mol.